The van der Waals surface area contributed by atoms with Gasteiger partial charge in [-0.2, -0.15) is 0 Å². The topological polar surface area (TPSA) is 53.1 Å². The molecule has 6 nitrogen and oxygen atoms in total. The smallest absolute Gasteiger partial charge is 0.415 e. The third-order valence-corrected chi connectivity index (χ3v) is 6.53. The summed E-state index contributed by atoms with van der Waals surface area (Å²) >= 11 is 0. The Morgan fingerprint density at radius 2 is 1.37 bits per heavy atom. The molecule has 0 bridgehead atoms. The summed E-state index contributed by atoms with van der Waals surface area (Å²) in [7, 11) is 0. The summed E-state index contributed by atoms with van der Waals surface area (Å²) in [4.78, 5) is 31.7. The number of para-hydroxylation sites is 1. The van der Waals surface area contributed by atoms with E-state index < -0.39 is 11.7 Å². The summed E-state index contributed by atoms with van der Waals surface area (Å²) < 4.78 is 5.57. The molecule has 0 aliphatic carbocycles. The fourth-order valence-corrected chi connectivity index (χ4v) is 4.47. The van der Waals surface area contributed by atoms with Gasteiger partial charge < -0.3 is 9.64 Å². The summed E-state index contributed by atoms with van der Waals surface area (Å²) in [5.74, 6) is -0.0294. The van der Waals surface area contributed by atoms with Crippen LogP contribution in [-0.2, 0) is 9.53 Å². The Balaban J connectivity index is 1.69. The molecule has 1 aromatic carbocycles. The number of nitrogens with zero attached hydrogens (tertiary/aromatic N) is 3. The average Bonchev–Trinajstić information content (AvgIpc) is 2.83. The number of benzene rings is 1. The summed E-state index contributed by atoms with van der Waals surface area (Å²) in [6, 6.07) is 9.29. The molecule has 0 aromatic heterocycles. The van der Waals surface area contributed by atoms with Crippen molar-refractivity contribution < 1.29 is 14.3 Å². The van der Waals surface area contributed by atoms with Gasteiger partial charge in [0.15, 0.2) is 0 Å². The van der Waals surface area contributed by atoms with Crippen LogP contribution in [0.15, 0.2) is 30.3 Å². The van der Waals surface area contributed by atoms with Crippen molar-refractivity contribution in [3.8, 4) is 0 Å². The number of ether oxygens (including phenoxy) is 1. The van der Waals surface area contributed by atoms with Crippen molar-refractivity contribution in [1.29, 1.82) is 0 Å². The fraction of sp³-hybridized carbons (Fsp3) is 0.724. The van der Waals surface area contributed by atoms with Gasteiger partial charge in [0.2, 0.25) is 5.91 Å². The van der Waals surface area contributed by atoms with E-state index in [0.717, 1.165) is 19.6 Å². The van der Waals surface area contributed by atoms with Crippen molar-refractivity contribution in [2.75, 3.05) is 44.2 Å². The first kappa shape index (κ1) is 29.2. The minimum atomic E-state index is -0.618. The van der Waals surface area contributed by atoms with Gasteiger partial charge in [0.05, 0.1) is 0 Å². The van der Waals surface area contributed by atoms with Crippen LogP contribution >= 0.6 is 0 Å². The summed E-state index contributed by atoms with van der Waals surface area (Å²) in [5, 5.41) is 0. The molecule has 0 atom stereocenters. The number of piperazine rings is 1. The molecule has 1 heterocycles. The average molecular weight is 488 g/mol. The highest BCUT2D eigenvalue weighted by atomic mass is 16.6. The second-order valence-electron chi connectivity index (χ2n) is 10.8. The molecular formula is C29H49N3O3. The van der Waals surface area contributed by atoms with Gasteiger partial charge in [-0.25, -0.2) is 4.79 Å². The molecule has 0 unspecified atom stereocenters. The van der Waals surface area contributed by atoms with E-state index in [1.54, 1.807) is 0 Å². The molecule has 1 aliphatic heterocycles. The van der Waals surface area contributed by atoms with E-state index >= 15 is 0 Å². The molecule has 198 valence electrons. The number of unbranched alkanes of at least 4 members (excludes halogenated alkanes) is 9. The van der Waals surface area contributed by atoms with Crippen LogP contribution in [0.4, 0.5) is 10.5 Å². The molecule has 35 heavy (non-hydrogen) atoms. The first-order chi connectivity index (χ1) is 16.8. The predicted octanol–water partition coefficient (Wildman–Crippen LogP) is 6.49. The number of amides is 2. The van der Waals surface area contributed by atoms with Crippen LogP contribution in [0.2, 0.25) is 0 Å². The molecule has 0 radical (unpaired) electrons. The molecule has 2 rings (SSSR count). The van der Waals surface area contributed by atoms with E-state index in [-0.39, 0.29) is 12.5 Å². The van der Waals surface area contributed by atoms with Crippen LogP contribution in [-0.4, -0.2) is 66.7 Å². The SMILES string of the molecule is CCCCCCCCCCCCN1CCN(C(=O)CN(C(=O)OC(C)(C)C)c2ccccc2)CC1. The van der Waals surface area contributed by atoms with Crippen LogP contribution in [0.25, 0.3) is 0 Å². The third-order valence-electron chi connectivity index (χ3n) is 6.53. The monoisotopic (exact) mass is 487 g/mol. The van der Waals surface area contributed by atoms with Crippen LogP contribution in [0.1, 0.15) is 91.9 Å². The Kier molecular flexibility index (Phi) is 13.2. The maximum atomic E-state index is 13.1. The van der Waals surface area contributed by atoms with Crippen molar-refractivity contribution in [2.45, 2.75) is 97.5 Å². The van der Waals surface area contributed by atoms with Crippen LogP contribution in [0.5, 0.6) is 0 Å². The summed E-state index contributed by atoms with van der Waals surface area (Å²) in [6.45, 7) is 12.1. The van der Waals surface area contributed by atoms with Gasteiger partial charge in [-0.15, -0.1) is 0 Å². The fourth-order valence-electron chi connectivity index (χ4n) is 4.47. The Bertz CT molecular complexity index is 724. The molecule has 1 saturated heterocycles. The second-order valence-corrected chi connectivity index (χ2v) is 10.8. The normalized spacial score (nSPS) is 14.7. The molecule has 1 aliphatic rings. The van der Waals surface area contributed by atoms with Gasteiger partial charge in [-0.3, -0.25) is 14.6 Å². The minimum absolute atomic E-state index is 0.00261. The van der Waals surface area contributed by atoms with Crippen molar-refractivity contribution >= 4 is 17.7 Å². The predicted molar refractivity (Wildman–Crippen MR) is 145 cm³/mol. The Morgan fingerprint density at radius 3 is 1.91 bits per heavy atom. The van der Waals surface area contributed by atoms with Gasteiger partial charge in [0.1, 0.15) is 12.1 Å². The van der Waals surface area contributed by atoms with E-state index in [2.05, 4.69) is 11.8 Å². The zero-order chi connectivity index (χ0) is 25.5. The van der Waals surface area contributed by atoms with Gasteiger partial charge in [-0.05, 0) is 45.9 Å². The van der Waals surface area contributed by atoms with Crippen molar-refractivity contribution in [1.82, 2.24) is 9.80 Å². The van der Waals surface area contributed by atoms with Gasteiger partial charge in [-0.1, -0.05) is 82.9 Å². The second kappa shape index (κ2) is 15.8. The molecule has 1 fully saturated rings. The number of anilines is 1. The van der Waals surface area contributed by atoms with Gasteiger partial charge in [0.25, 0.3) is 0 Å². The number of rotatable bonds is 14. The van der Waals surface area contributed by atoms with E-state index in [1.165, 1.54) is 69.1 Å². The lowest BCUT2D eigenvalue weighted by atomic mass is 10.1. The highest BCUT2D eigenvalue weighted by Gasteiger charge is 2.28. The Morgan fingerprint density at radius 1 is 0.829 bits per heavy atom. The molecule has 6 heteroatoms. The number of carbonyl (C=O) groups excluding carboxylic acids is 2. The third kappa shape index (κ3) is 11.9. The summed E-state index contributed by atoms with van der Waals surface area (Å²) in [6.07, 6.45) is 13.0. The van der Waals surface area contributed by atoms with Gasteiger partial charge in [0, 0.05) is 31.9 Å². The summed E-state index contributed by atoms with van der Waals surface area (Å²) in [5.41, 5.74) is 0.0580. The maximum Gasteiger partial charge on any atom is 0.415 e. The lowest BCUT2D eigenvalue weighted by Crippen LogP contribution is -2.52. The Labute approximate surface area is 214 Å². The Hall–Kier alpha value is -2.08. The highest BCUT2D eigenvalue weighted by molar-refractivity contribution is 5.95. The van der Waals surface area contributed by atoms with Crippen LogP contribution in [0.3, 0.4) is 0 Å². The number of carbonyl (C=O) groups is 2. The van der Waals surface area contributed by atoms with Crippen molar-refractivity contribution in [3.05, 3.63) is 30.3 Å². The zero-order valence-electron chi connectivity index (χ0n) is 22.8. The minimum Gasteiger partial charge on any atom is -0.443 e. The molecule has 2 amide bonds. The van der Waals surface area contributed by atoms with Crippen LogP contribution in [0, 0.1) is 0 Å². The van der Waals surface area contributed by atoms with E-state index in [4.69, 9.17) is 4.74 Å². The molecule has 0 spiro atoms. The van der Waals surface area contributed by atoms with E-state index in [9.17, 15) is 9.59 Å². The number of hydrogen-bond donors (Lipinski definition) is 0. The lowest BCUT2D eigenvalue weighted by Gasteiger charge is -2.36. The molecule has 0 saturated carbocycles. The number of hydrogen-bond acceptors (Lipinski definition) is 4. The first-order valence-electron chi connectivity index (χ1n) is 13.9. The van der Waals surface area contributed by atoms with Crippen molar-refractivity contribution in [2.24, 2.45) is 0 Å². The van der Waals surface area contributed by atoms with Crippen molar-refractivity contribution in [3.63, 3.8) is 0 Å². The first-order valence-corrected chi connectivity index (χ1v) is 13.9. The maximum absolute atomic E-state index is 13.1. The van der Waals surface area contributed by atoms with E-state index in [0.29, 0.717) is 18.8 Å². The molecular weight excluding hydrogens is 438 g/mol. The largest absolute Gasteiger partial charge is 0.443 e. The molecule has 0 N–H and O–H groups in total. The van der Waals surface area contributed by atoms with Crippen LogP contribution < -0.4 is 4.90 Å². The quantitative estimate of drug-likeness (QED) is 0.281. The van der Waals surface area contributed by atoms with Gasteiger partial charge >= 0.3 is 6.09 Å². The van der Waals surface area contributed by atoms with E-state index in [1.807, 2.05) is 56.0 Å². The highest BCUT2D eigenvalue weighted by Crippen LogP contribution is 2.19. The lowest BCUT2D eigenvalue weighted by molar-refractivity contribution is -0.131. The standard InChI is InChI=1S/C29H49N3O3/c1-5-6-7-8-9-10-11-12-13-17-20-30-21-23-31(24-22-30)27(33)25-32(26-18-15-14-16-19-26)28(34)35-29(2,3)4/h14-16,18-19H,5-13,17,20-25H2,1-4H3. The molecule has 1 aromatic rings. The zero-order valence-corrected chi connectivity index (χ0v) is 22.8.